The summed E-state index contributed by atoms with van der Waals surface area (Å²) in [5, 5.41) is 3.34. The largest absolute Gasteiger partial charge is 0.319 e. The molecule has 0 amide bonds. The van der Waals surface area contributed by atoms with E-state index in [9.17, 15) is 0 Å². The van der Waals surface area contributed by atoms with E-state index in [0.717, 1.165) is 17.9 Å². The van der Waals surface area contributed by atoms with Gasteiger partial charge in [0.25, 0.3) is 0 Å². The molecule has 0 bridgehead atoms. The lowest BCUT2D eigenvalue weighted by Crippen LogP contribution is -2.52. The quantitative estimate of drug-likeness (QED) is 0.772. The van der Waals surface area contributed by atoms with Crippen molar-refractivity contribution in [3.8, 4) is 0 Å². The molecule has 2 unspecified atom stereocenters. The lowest BCUT2D eigenvalue weighted by Gasteiger charge is -2.47. The summed E-state index contributed by atoms with van der Waals surface area (Å²) in [5.74, 6) is 1.97. The summed E-state index contributed by atoms with van der Waals surface area (Å²) in [6.45, 7) is 6.28. The molecule has 0 spiro atoms. The Balaban J connectivity index is 1.72. The monoisotopic (exact) mass is 224 g/mol. The van der Waals surface area contributed by atoms with Crippen molar-refractivity contribution in [3.05, 3.63) is 0 Å². The fraction of sp³-hybridized carbons (Fsp3) is 1.00. The fourth-order valence-corrected chi connectivity index (χ4v) is 3.51. The molecule has 1 saturated carbocycles. The van der Waals surface area contributed by atoms with Crippen LogP contribution in [0.5, 0.6) is 0 Å². The van der Waals surface area contributed by atoms with Crippen molar-refractivity contribution in [1.29, 1.82) is 0 Å². The molecular formula is C14H28N2. The van der Waals surface area contributed by atoms with Crippen molar-refractivity contribution in [3.63, 3.8) is 0 Å². The van der Waals surface area contributed by atoms with Crippen LogP contribution in [0.25, 0.3) is 0 Å². The molecule has 0 aromatic heterocycles. The minimum Gasteiger partial charge on any atom is -0.319 e. The Labute approximate surface area is 101 Å². The predicted octanol–water partition coefficient (Wildman–Crippen LogP) is 2.50. The SMILES string of the molecule is CCCC1CCN(C2CCC2CNC)CC1. The van der Waals surface area contributed by atoms with Gasteiger partial charge in [0, 0.05) is 6.04 Å². The smallest absolute Gasteiger partial charge is 0.0136 e. The highest BCUT2D eigenvalue weighted by atomic mass is 15.2. The average molecular weight is 224 g/mol. The highest BCUT2D eigenvalue weighted by molar-refractivity contribution is 4.91. The lowest BCUT2D eigenvalue weighted by atomic mass is 9.77. The highest BCUT2D eigenvalue weighted by Crippen LogP contribution is 2.34. The minimum absolute atomic E-state index is 0.912. The second-order valence-corrected chi connectivity index (χ2v) is 5.73. The Morgan fingerprint density at radius 3 is 2.38 bits per heavy atom. The summed E-state index contributed by atoms with van der Waals surface area (Å²) in [6, 6.07) is 0.912. The maximum absolute atomic E-state index is 3.34. The molecule has 1 saturated heterocycles. The normalized spacial score (nSPS) is 32.6. The predicted molar refractivity (Wildman–Crippen MR) is 69.6 cm³/mol. The van der Waals surface area contributed by atoms with Crippen molar-refractivity contribution in [2.24, 2.45) is 11.8 Å². The zero-order valence-electron chi connectivity index (χ0n) is 11.0. The molecule has 1 heterocycles. The molecule has 2 atom stereocenters. The van der Waals surface area contributed by atoms with Crippen LogP contribution >= 0.6 is 0 Å². The van der Waals surface area contributed by atoms with Crippen LogP contribution in [-0.4, -0.2) is 37.6 Å². The Kier molecular flexibility index (Phi) is 4.66. The van der Waals surface area contributed by atoms with Gasteiger partial charge in [-0.3, -0.25) is 0 Å². The Morgan fingerprint density at radius 2 is 1.88 bits per heavy atom. The molecule has 2 fully saturated rings. The topological polar surface area (TPSA) is 15.3 Å². The molecule has 0 aromatic carbocycles. The molecule has 0 radical (unpaired) electrons. The third-order valence-electron chi connectivity index (χ3n) is 4.66. The van der Waals surface area contributed by atoms with Crippen molar-refractivity contribution in [2.75, 3.05) is 26.7 Å². The van der Waals surface area contributed by atoms with Crippen LogP contribution in [0, 0.1) is 11.8 Å². The van der Waals surface area contributed by atoms with Gasteiger partial charge in [0.2, 0.25) is 0 Å². The van der Waals surface area contributed by atoms with Crippen molar-refractivity contribution in [2.45, 2.75) is 51.5 Å². The second-order valence-electron chi connectivity index (χ2n) is 5.73. The van der Waals surface area contributed by atoms with E-state index >= 15 is 0 Å². The molecule has 2 heteroatoms. The molecule has 94 valence electrons. The second kappa shape index (κ2) is 6.02. The average Bonchev–Trinajstić information content (AvgIpc) is 2.27. The number of hydrogen-bond donors (Lipinski definition) is 1. The number of nitrogens with one attached hydrogen (secondary N) is 1. The summed E-state index contributed by atoms with van der Waals surface area (Å²) in [5.41, 5.74) is 0. The first-order chi connectivity index (χ1) is 7.85. The van der Waals surface area contributed by atoms with Gasteiger partial charge in [0.1, 0.15) is 0 Å². The molecule has 1 aliphatic carbocycles. The van der Waals surface area contributed by atoms with E-state index in [4.69, 9.17) is 0 Å². The molecule has 16 heavy (non-hydrogen) atoms. The van der Waals surface area contributed by atoms with Gasteiger partial charge in [0.05, 0.1) is 0 Å². The van der Waals surface area contributed by atoms with Gasteiger partial charge in [-0.1, -0.05) is 19.8 Å². The summed E-state index contributed by atoms with van der Waals surface area (Å²) in [7, 11) is 2.09. The van der Waals surface area contributed by atoms with Crippen LogP contribution < -0.4 is 5.32 Å². The van der Waals surface area contributed by atoms with Gasteiger partial charge in [0.15, 0.2) is 0 Å². The van der Waals surface area contributed by atoms with E-state index in [1.165, 1.54) is 58.2 Å². The van der Waals surface area contributed by atoms with Crippen molar-refractivity contribution in [1.82, 2.24) is 10.2 Å². The van der Waals surface area contributed by atoms with Crippen molar-refractivity contribution < 1.29 is 0 Å². The summed E-state index contributed by atoms with van der Waals surface area (Å²) >= 11 is 0. The van der Waals surface area contributed by atoms with Crippen LogP contribution in [0.15, 0.2) is 0 Å². The van der Waals surface area contributed by atoms with Crippen LogP contribution in [0.1, 0.15) is 45.4 Å². The maximum atomic E-state index is 3.34. The zero-order chi connectivity index (χ0) is 11.4. The third-order valence-corrected chi connectivity index (χ3v) is 4.66. The molecule has 1 aliphatic heterocycles. The van der Waals surface area contributed by atoms with Crippen LogP contribution in [-0.2, 0) is 0 Å². The Hall–Kier alpha value is -0.0800. The lowest BCUT2D eigenvalue weighted by molar-refractivity contribution is 0.0340. The van der Waals surface area contributed by atoms with E-state index in [2.05, 4.69) is 24.2 Å². The summed E-state index contributed by atoms with van der Waals surface area (Å²) in [6.07, 6.45) is 8.63. The Bertz CT molecular complexity index is 197. The number of nitrogens with zero attached hydrogens (tertiary/aromatic N) is 1. The van der Waals surface area contributed by atoms with Gasteiger partial charge >= 0.3 is 0 Å². The standard InChI is InChI=1S/C14H28N2/c1-3-4-12-7-9-16(10-8-12)14-6-5-13(14)11-15-2/h12-15H,3-11H2,1-2H3. The van der Waals surface area contributed by atoms with Gasteiger partial charge in [-0.25, -0.2) is 0 Å². The van der Waals surface area contributed by atoms with Crippen LogP contribution in [0.3, 0.4) is 0 Å². The van der Waals surface area contributed by atoms with Crippen LogP contribution in [0.2, 0.25) is 0 Å². The van der Waals surface area contributed by atoms with E-state index < -0.39 is 0 Å². The third kappa shape index (κ3) is 2.78. The molecule has 2 rings (SSSR count). The van der Waals surface area contributed by atoms with Gasteiger partial charge in [-0.05, 0) is 64.2 Å². The molecule has 1 N–H and O–H groups in total. The molecular weight excluding hydrogens is 196 g/mol. The number of hydrogen-bond acceptors (Lipinski definition) is 2. The minimum atomic E-state index is 0.912. The number of piperidine rings is 1. The highest BCUT2D eigenvalue weighted by Gasteiger charge is 2.36. The zero-order valence-corrected chi connectivity index (χ0v) is 11.0. The first-order valence-electron chi connectivity index (χ1n) is 7.23. The van der Waals surface area contributed by atoms with Gasteiger partial charge in [-0.2, -0.15) is 0 Å². The first-order valence-corrected chi connectivity index (χ1v) is 7.23. The number of likely N-dealkylation sites (tertiary alicyclic amines) is 1. The fourth-order valence-electron chi connectivity index (χ4n) is 3.51. The summed E-state index contributed by atoms with van der Waals surface area (Å²) < 4.78 is 0. The molecule has 2 nitrogen and oxygen atoms in total. The Morgan fingerprint density at radius 1 is 1.12 bits per heavy atom. The molecule has 0 aromatic rings. The number of rotatable bonds is 5. The van der Waals surface area contributed by atoms with E-state index in [-0.39, 0.29) is 0 Å². The summed E-state index contributed by atoms with van der Waals surface area (Å²) in [4.78, 5) is 2.78. The first kappa shape index (κ1) is 12.4. The van der Waals surface area contributed by atoms with Crippen molar-refractivity contribution >= 4 is 0 Å². The maximum Gasteiger partial charge on any atom is 0.0136 e. The van der Waals surface area contributed by atoms with Gasteiger partial charge < -0.3 is 10.2 Å². The van der Waals surface area contributed by atoms with E-state index in [0.29, 0.717) is 0 Å². The van der Waals surface area contributed by atoms with Crippen LogP contribution in [0.4, 0.5) is 0 Å². The van der Waals surface area contributed by atoms with E-state index in [1.807, 2.05) is 0 Å². The van der Waals surface area contributed by atoms with E-state index in [1.54, 1.807) is 0 Å². The van der Waals surface area contributed by atoms with Gasteiger partial charge in [-0.15, -0.1) is 0 Å². The molecule has 2 aliphatic rings.